The molecule has 0 aromatic carbocycles. The van der Waals surface area contributed by atoms with E-state index in [1.165, 1.54) is 0 Å². The van der Waals surface area contributed by atoms with Crippen molar-refractivity contribution in [2.45, 2.75) is 12.1 Å². The number of rotatable bonds is 4. The van der Waals surface area contributed by atoms with Crippen molar-refractivity contribution in [1.82, 2.24) is 4.98 Å². The van der Waals surface area contributed by atoms with Gasteiger partial charge in [-0.1, -0.05) is 30.4 Å². The summed E-state index contributed by atoms with van der Waals surface area (Å²) in [6.45, 7) is 0. The van der Waals surface area contributed by atoms with Crippen LogP contribution in [0.25, 0.3) is 0 Å². The normalized spacial score (nSPS) is 21.3. The molecule has 2 atom stereocenters. The summed E-state index contributed by atoms with van der Waals surface area (Å²) < 4.78 is 10.8. The van der Waals surface area contributed by atoms with Crippen LogP contribution in [0.4, 0.5) is 0 Å². The maximum atomic E-state index is 5.39. The Labute approximate surface area is 237 Å². The van der Waals surface area contributed by atoms with Crippen LogP contribution in [0.1, 0.15) is 11.4 Å². The van der Waals surface area contributed by atoms with E-state index in [2.05, 4.69) is 20.0 Å². The summed E-state index contributed by atoms with van der Waals surface area (Å²) in [5.74, 6) is 2.61. The van der Waals surface area contributed by atoms with E-state index in [0.29, 0.717) is 23.1 Å². The number of ether oxygens (including phenoxy) is 2. The third-order valence-electron chi connectivity index (χ3n) is 4.77. The van der Waals surface area contributed by atoms with Crippen molar-refractivity contribution >= 4 is 23.1 Å². The quantitative estimate of drug-likeness (QED) is 0.336. The molecule has 0 N–H and O–H groups in total. The Balaban J connectivity index is 0.00000128. The zero-order valence-electron chi connectivity index (χ0n) is 17.0. The summed E-state index contributed by atoms with van der Waals surface area (Å²) >= 11 is 0. The first kappa shape index (κ1) is 28.6. The van der Waals surface area contributed by atoms with E-state index in [-0.39, 0.29) is 90.1 Å². The van der Waals surface area contributed by atoms with Crippen molar-refractivity contribution in [3.63, 3.8) is 0 Å². The van der Waals surface area contributed by atoms with Crippen molar-refractivity contribution in [2.24, 2.45) is 20.0 Å². The molecule has 2 unspecified atom stereocenters. The molecule has 0 bridgehead atoms. The van der Waals surface area contributed by atoms with Crippen LogP contribution in [0, 0.1) is 40.8 Å². The Morgan fingerprint density at radius 2 is 1.16 bits per heavy atom. The molecule has 2 aliphatic heterocycles. The second kappa shape index (κ2) is 12.2. The predicted molar refractivity (Wildman–Crippen MR) is 108 cm³/mol. The van der Waals surface area contributed by atoms with Gasteiger partial charge in [0.1, 0.15) is 46.4 Å². The summed E-state index contributed by atoms with van der Waals surface area (Å²) in [6, 6.07) is 5.43. The van der Waals surface area contributed by atoms with Gasteiger partial charge in [0, 0.05) is 0 Å². The Hall–Kier alpha value is -1.39. The number of hydrogen-bond acceptors (Lipinski definition) is 7. The number of aliphatic imine (C=N–C) groups is 4. The molecule has 4 aliphatic rings. The molecule has 32 heavy (non-hydrogen) atoms. The number of methoxy groups -OCH3 is 2. The molecule has 5 rings (SSSR count). The van der Waals surface area contributed by atoms with Gasteiger partial charge in [0.15, 0.2) is 11.7 Å². The summed E-state index contributed by atoms with van der Waals surface area (Å²) in [5.41, 5.74) is 2.96. The second-order valence-corrected chi connectivity index (χ2v) is 6.44. The number of aromatic nitrogens is 1. The van der Waals surface area contributed by atoms with Crippen LogP contribution < -0.4 is 37.2 Å². The van der Waals surface area contributed by atoms with Crippen LogP contribution in [0.3, 0.4) is 0 Å². The van der Waals surface area contributed by atoms with Gasteiger partial charge < -0.3 is 46.7 Å². The van der Waals surface area contributed by atoms with E-state index >= 15 is 0 Å². The first-order valence-electron chi connectivity index (χ1n) is 8.93. The van der Waals surface area contributed by atoms with Crippen molar-refractivity contribution in [3.8, 4) is 0 Å². The van der Waals surface area contributed by atoms with Crippen molar-refractivity contribution in [2.75, 3.05) is 14.2 Å². The van der Waals surface area contributed by atoms with E-state index in [9.17, 15) is 0 Å². The number of halogens is 3. The predicted octanol–water partition coefficient (Wildman–Crippen LogP) is -6.57. The van der Waals surface area contributed by atoms with E-state index < -0.39 is 0 Å². The molecule has 163 valence electrons. The Morgan fingerprint density at radius 3 is 1.56 bits per heavy atom. The third kappa shape index (κ3) is 5.22. The van der Waals surface area contributed by atoms with Crippen LogP contribution in [0.15, 0.2) is 86.1 Å². The minimum atomic E-state index is -0.133. The zero-order valence-corrected chi connectivity index (χ0v) is 22.5. The van der Waals surface area contributed by atoms with Crippen molar-refractivity contribution in [3.05, 3.63) is 77.6 Å². The van der Waals surface area contributed by atoms with Gasteiger partial charge in [-0.25, -0.2) is 15.0 Å². The molecule has 3 heterocycles. The maximum Gasteiger partial charge on any atom is 3.00 e. The number of nitrogens with zero attached hydrogens (tertiary/aromatic N) is 5. The van der Waals surface area contributed by atoms with Crippen LogP contribution >= 0.6 is 0 Å². The number of allylic oxidation sites excluding steroid dienone is 4. The van der Waals surface area contributed by atoms with Gasteiger partial charge in [0.05, 0.1) is 14.2 Å². The number of hydrogen-bond donors (Lipinski definition) is 0. The van der Waals surface area contributed by atoms with Crippen molar-refractivity contribution in [1.29, 1.82) is 0 Å². The van der Waals surface area contributed by atoms with Crippen LogP contribution in [-0.2, 0) is 9.47 Å². The first-order valence-corrected chi connectivity index (χ1v) is 8.93. The monoisotopic (exact) mass is 618 g/mol. The molecule has 2 aliphatic carbocycles. The Kier molecular flexibility index (Phi) is 10.9. The molecule has 1 aromatic rings. The number of fused-ring (bicyclic) bond motifs is 2. The molecular weight excluding hydrogens is 605 g/mol. The second-order valence-electron chi connectivity index (χ2n) is 6.44. The SMILES string of the molecule is COC1=CC=CC2N=C(c3cccc(C4=NC5C=CC=C(OC)C5=N4)n3)N=C12.[Cl-].[Cl-].[Cl-].[Nd+3]. The standard InChI is InChI=1S/C21H17N5O2.3ClH.Nd/c1-27-16-10-4-6-12-18(16)25-20(23-12)14-8-3-9-15(22-14)21-24-13-7-5-11-17(28-2)19(13)26-21;;;;/h3-13H,1-2H3;3*1H;/q;;;;+3/p-3. The smallest absolute Gasteiger partial charge is 1.00 e. The zero-order chi connectivity index (χ0) is 19.1. The largest absolute Gasteiger partial charge is 3.00 e. The molecule has 0 saturated carbocycles. The topological polar surface area (TPSA) is 80.8 Å². The van der Waals surface area contributed by atoms with Gasteiger partial charge in [-0.3, -0.25) is 9.98 Å². The number of amidine groups is 2. The Morgan fingerprint density at radius 1 is 0.719 bits per heavy atom. The van der Waals surface area contributed by atoms with E-state index in [4.69, 9.17) is 14.5 Å². The fraction of sp³-hybridized carbons (Fsp3) is 0.190. The van der Waals surface area contributed by atoms with E-state index in [1.807, 2.05) is 54.7 Å². The number of pyridine rings is 1. The molecule has 1 radical (unpaired) electrons. The molecule has 1 aromatic heterocycles. The average Bonchev–Trinajstić information content (AvgIpc) is 3.37. The maximum absolute atomic E-state index is 5.39. The molecule has 0 saturated heterocycles. The van der Waals surface area contributed by atoms with Crippen LogP contribution in [-0.4, -0.2) is 54.4 Å². The molecular formula is C21H17Cl3N5NdO2. The van der Waals surface area contributed by atoms with Gasteiger partial charge in [-0.15, -0.1) is 0 Å². The van der Waals surface area contributed by atoms with Gasteiger partial charge >= 0.3 is 40.8 Å². The van der Waals surface area contributed by atoms with Crippen LogP contribution in [0.2, 0.25) is 0 Å². The molecule has 7 nitrogen and oxygen atoms in total. The summed E-state index contributed by atoms with van der Waals surface area (Å²) in [6.07, 6.45) is 11.6. The van der Waals surface area contributed by atoms with E-state index in [1.54, 1.807) is 14.2 Å². The van der Waals surface area contributed by atoms with Gasteiger partial charge in [0.25, 0.3) is 0 Å². The van der Waals surface area contributed by atoms with Gasteiger partial charge in [-0.05, 0) is 24.3 Å². The first-order chi connectivity index (χ1) is 13.8. The average molecular weight is 622 g/mol. The third-order valence-corrected chi connectivity index (χ3v) is 4.77. The fourth-order valence-electron chi connectivity index (χ4n) is 3.42. The Bertz CT molecular complexity index is 1040. The summed E-state index contributed by atoms with van der Waals surface area (Å²) in [4.78, 5) is 23.3. The van der Waals surface area contributed by atoms with Crippen LogP contribution in [0.5, 0.6) is 0 Å². The molecule has 0 amide bonds. The van der Waals surface area contributed by atoms with Gasteiger partial charge in [-0.2, -0.15) is 0 Å². The van der Waals surface area contributed by atoms with Gasteiger partial charge in [0.2, 0.25) is 0 Å². The summed E-state index contributed by atoms with van der Waals surface area (Å²) in [5, 5.41) is 0. The minimum Gasteiger partial charge on any atom is -1.00 e. The molecule has 0 spiro atoms. The van der Waals surface area contributed by atoms with E-state index in [0.717, 1.165) is 22.9 Å². The molecule has 0 fully saturated rings. The molecule has 11 heteroatoms. The van der Waals surface area contributed by atoms with Crippen molar-refractivity contribution < 1.29 is 87.5 Å². The minimum absolute atomic E-state index is 0. The summed E-state index contributed by atoms with van der Waals surface area (Å²) in [7, 11) is 3.27. The fourth-order valence-corrected chi connectivity index (χ4v) is 3.42.